The topological polar surface area (TPSA) is 35.5 Å². The summed E-state index contributed by atoms with van der Waals surface area (Å²) in [5.41, 5.74) is 0. The van der Waals surface area contributed by atoms with Gasteiger partial charge in [-0.25, -0.2) is 0 Å². The van der Waals surface area contributed by atoms with Crippen LogP contribution >= 0.6 is 7.60 Å². The van der Waals surface area contributed by atoms with Crippen molar-refractivity contribution in [2.75, 3.05) is 13.3 Å². The van der Waals surface area contributed by atoms with Gasteiger partial charge in [0.1, 0.15) is 6.10 Å². The first-order valence-electron chi connectivity index (χ1n) is 3.45. The van der Waals surface area contributed by atoms with E-state index in [-0.39, 0.29) is 6.10 Å². The molecule has 0 bridgehead atoms. The minimum atomic E-state index is -2.74. The predicted octanol–water partition coefficient (Wildman–Crippen LogP) is 1.64. The van der Waals surface area contributed by atoms with Crippen molar-refractivity contribution in [2.45, 2.75) is 19.4 Å². The average molecular weight is 174 g/mol. The zero-order chi connectivity index (χ0) is 8.32. The maximum Gasteiger partial charge on any atom is 0.331 e. The average Bonchev–Trinajstić information content (AvgIpc) is 2.35. The van der Waals surface area contributed by atoms with E-state index < -0.39 is 7.60 Å². The van der Waals surface area contributed by atoms with Gasteiger partial charge in [0.2, 0.25) is 0 Å². The first-order valence-corrected chi connectivity index (χ1v) is 5.18. The maximum atomic E-state index is 11.4. The fraction of sp³-hybridized carbons (Fsp3) is 0.714. The lowest BCUT2D eigenvalue weighted by atomic mass is 10.3. The number of hydrogen-bond acceptors (Lipinski definition) is 3. The van der Waals surface area contributed by atoms with Crippen LogP contribution in [0.5, 0.6) is 0 Å². The van der Waals surface area contributed by atoms with Gasteiger partial charge in [-0.1, -0.05) is 5.92 Å². The molecule has 1 aliphatic rings. The zero-order valence-electron chi connectivity index (χ0n) is 6.66. The van der Waals surface area contributed by atoms with Crippen molar-refractivity contribution >= 4 is 7.60 Å². The second kappa shape index (κ2) is 3.40. The highest BCUT2D eigenvalue weighted by Gasteiger charge is 2.34. The first-order chi connectivity index (χ1) is 5.20. The maximum absolute atomic E-state index is 11.4. The Morgan fingerprint density at radius 1 is 1.73 bits per heavy atom. The molecule has 0 spiro atoms. The van der Waals surface area contributed by atoms with Gasteiger partial charge < -0.3 is 4.52 Å². The van der Waals surface area contributed by atoms with E-state index >= 15 is 0 Å². The molecule has 2 atom stereocenters. The van der Waals surface area contributed by atoms with Crippen molar-refractivity contribution in [1.29, 1.82) is 0 Å². The molecule has 0 aliphatic carbocycles. The highest BCUT2D eigenvalue weighted by Crippen LogP contribution is 2.54. The molecule has 0 amide bonds. The third-order valence-corrected chi connectivity index (χ3v) is 3.47. The van der Waals surface area contributed by atoms with Crippen molar-refractivity contribution < 1.29 is 13.6 Å². The molecule has 1 saturated heterocycles. The van der Waals surface area contributed by atoms with Crippen molar-refractivity contribution in [1.82, 2.24) is 0 Å². The summed E-state index contributed by atoms with van der Waals surface area (Å²) in [7, 11) is -1.33. The van der Waals surface area contributed by atoms with E-state index in [4.69, 9.17) is 9.05 Å². The van der Waals surface area contributed by atoms with Gasteiger partial charge in [0.25, 0.3) is 0 Å². The van der Waals surface area contributed by atoms with Crippen LogP contribution in [0.15, 0.2) is 0 Å². The molecule has 0 saturated carbocycles. The van der Waals surface area contributed by atoms with Crippen LogP contribution in [0.3, 0.4) is 0 Å². The summed E-state index contributed by atoms with van der Waals surface area (Å²) < 4.78 is 21.2. The summed E-state index contributed by atoms with van der Waals surface area (Å²) in [5, 5.41) is 0. The van der Waals surface area contributed by atoms with Crippen molar-refractivity contribution in [2.24, 2.45) is 0 Å². The summed E-state index contributed by atoms with van der Waals surface area (Å²) in [4.78, 5) is 0. The molecule has 4 heteroatoms. The van der Waals surface area contributed by atoms with Crippen molar-refractivity contribution in [3.05, 3.63) is 0 Å². The Balaban J connectivity index is 2.58. The van der Waals surface area contributed by atoms with Crippen LogP contribution in [0.4, 0.5) is 0 Å². The van der Waals surface area contributed by atoms with Crippen LogP contribution in [0.1, 0.15) is 13.3 Å². The number of hydrogen-bond donors (Lipinski definition) is 0. The Hall–Kier alpha value is -0.290. The van der Waals surface area contributed by atoms with Crippen molar-refractivity contribution in [3.63, 3.8) is 0 Å². The Bertz CT molecular complexity index is 238. The molecule has 1 heterocycles. The van der Waals surface area contributed by atoms with Gasteiger partial charge in [-0.3, -0.25) is 9.09 Å². The Morgan fingerprint density at radius 3 is 2.91 bits per heavy atom. The molecular weight excluding hydrogens is 163 g/mol. The van der Waals surface area contributed by atoms with Crippen LogP contribution in [-0.4, -0.2) is 19.4 Å². The van der Waals surface area contributed by atoms with Crippen molar-refractivity contribution in [3.8, 4) is 11.8 Å². The molecule has 1 rings (SSSR count). The lowest BCUT2D eigenvalue weighted by Crippen LogP contribution is -1.98. The Labute approximate surface area is 66.6 Å². The van der Waals surface area contributed by atoms with E-state index in [0.717, 1.165) is 0 Å². The summed E-state index contributed by atoms with van der Waals surface area (Å²) in [6, 6.07) is 0. The summed E-state index contributed by atoms with van der Waals surface area (Å²) in [5.74, 6) is 5.53. The lowest BCUT2D eigenvalue weighted by Gasteiger charge is -2.06. The summed E-state index contributed by atoms with van der Waals surface area (Å²) >= 11 is 0. The minimum absolute atomic E-state index is 0.189. The third-order valence-electron chi connectivity index (χ3n) is 1.54. The van der Waals surface area contributed by atoms with E-state index in [9.17, 15) is 4.57 Å². The molecule has 2 unspecified atom stereocenters. The SMILES string of the molecule is CC#CC1CCP(=O)(OC)O1. The fourth-order valence-corrected chi connectivity index (χ4v) is 2.44. The van der Waals surface area contributed by atoms with Gasteiger partial charge in [-0.15, -0.1) is 5.92 Å². The van der Waals surface area contributed by atoms with Gasteiger partial charge >= 0.3 is 7.60 Å². The first kappa shape index (κ1) is 8.80. The second-order valence-electron chi connectivity index (χ2n) is 2.29. The van der Waals surface area contributed by atoms with Gasteiger partial charge in [-0.2, -0.15) is 0 Å². The smallest absolute Gasteiger partial charge is 0.312 e. The number of rotatable bonds is 1. The minimum Gasteiger partial charge on any atom is -0.312 e. The monoisotopic (exact) mass is 174 g/mol. The largest absolute Gasteiger partial charge is 0.331 e. The Kier molecular flexibility index (Phi) is 2.72. The molecule has 0 N–H and O–H groups in total. The highest BCUT2D eigenvalue weighted by molar-refractivity contribution is 7.54. The van der Waals surface area contributed by atoms with Gasteiger partial charge in [-0.05, 0) is 13.3 Å². The molecule has 1 fully saturated rings. The predicted molar refractivity (Wildman–Crippen MR) is 42.4 cm³/mol. The molecule has 0 radical (unpaired) electrons. The Morgan fingerprint density at radius 2 is 2.45 bits per heavy atom. The van der Waals surface area contributed by atoms with E-state index in [1.54, 1.807) is 6.92 Å². The normalized spacial score (nSPS) is 36.4. The summed E-state index contributed by atoms with van der Waals surface area (Å²) in [6.45, 7) is 1.74. The van der Waals surface area contributed by atoms with Crippen LogP contribution in [0, 0.1) is 11.8 Å². The van der Waals surface area contributed by atoms with Gasteiger partial charge in [0.05, 0.1) is 6.16 Å². The molecular formula is C7H11O3P. The molecule has 62 valence electrons. The highest BCUT2D eigenvalue weighted by atomic mass is 31.2. The standard InChI is InChI=1S/C7H11O3P/c1-3-4-7-5-6-11(8,9-2)10-7/h7H,5-6H2,1-2H3. The molecule has 0 aromatic rings. The molecule has 3 nitrogen and oxygen atoms in total. The van der Waals surface area contributed by atoms with Gasteiger partial charge in [0, 0.05) is 7.11 Å². The molecule has 0 aromatic carbocycles. The van der Waals surface area contributed by atoms with E-state index in [1.165, 1.54) is 7.11 Å². The van der Waals surface area contributed by atoms with Gasteiger partial charge in [0.15, 0.2) is 0 Å². The zero-order valence-corrected chi connectivity index (χ0v) is 7.56. The second-order valence-corrected chi connectivity index (χ2v) is 4.54. The van der Waals surface area contributed by atoms with Crippen LogP contribution < -0.4 is 0 Å². The molecule has 1 aliphatic heterocycles. The summed E-state index contributed by atoms with van der Waals surface area (Å²) in [6.07, 6.45) is 1.01. The van der Waals surface area contributed by atoms with Crippen LogP contribution in [-0.2, 0) is 13.6 Å². The lowest BCUT2D eigenvalue weighted by molar-refractivity contribution is 0.231. The third kappa shape index (κ3) is 2.07. The molecule has 11 heavy (non-hydrogen) atoms. The quantitative estimate of drug-likeness (QED) is 0.447. The fourth-order valence-electron chi connectivity index (χ4n) is 0.968. The van der Waals surface area contributed by atoms with E-state index in [1.807, 2.05) is 0 Å². The van der Waals surface area contributed by atoms with E-state index in [2.05, 4.69) is 11.8 Å². The molecule has 0 aromatic heterocycles. The van der Waals surface area contributed by atoms with Crippen LogP contribution in [0.25, 0.3) is 0 Å². The van der Waals surface area contributed by atoms with Crippen LogP contribution in [0.2, 0.25) is 0 Å². The van der Waals surface area contributed by atoms with E-state index in [0.29, 0.717) is 12.6 Å².